The second-order valence-electron chi connectivity index (χ2n) is 8.67. The molecule has 166 valence electrons. The van der Waals surface area contributed by atoms with Crippen LogP contribution in [0.2, 0.25) is 0 Å². The smallest absolute Gasteiger partial charge is 0.343 e. The van der Waals surface area contributed by atoms with Crippen molar-refractivity contribution in [2.24, 2.45) is 5.92 Å². The fourth-order valence-electron chi connectivity index (χ4n) is 4.57. The van der Waals surface area contributed by atoms with Crippen molar-refractivity contribution in [3.63, 3.8) is 0 Å². The molecule has 0 radical (unpaired) electrons. The van der Waals surface area contributed by atoms with Gasteiger partial charge in [-0.15, -0.1) is 0 Å². The topological polar surface area (TPSA) is 52.6 Å². The van der Waals surface area contributed by atoms with Gasteiger partial charge in [0.1, 0.15) is 5.75 Å². The number of rotatable bonds is 8. The van der Waals surface area contributed by atoms with Crippen LogP contribution in [0.1, 0.15) is 77.6 Å². The molecule has 4 rings (SSSR count). The molecule has 2 atom stereocenters. The van der Waals surface area contributed by atoms with Crippen molar-refractivity contribution < 1.29 is 19.1 Å². The van der Waals surface area contributed by atoms with E-state index in [0.717, 1.165) is 16.7 Å². The summed E-state index contributed by atoms with van der Waals surface area (Å²) in [5, 5.41) is 2.19. The predicted molar refractivity (Wildman–Crippen MR) is 126 cm³/mol. The summed E-state index contributed by atoms with van der Waals surface area (Å²) >= 11 is 0. The summed E-state index contributed by atoms with van der Waals surface area (Å²) in [6, 6.07) is 18.7. The molecule has 1 fully saturated rings. The predicted octanol–water partition coefficient (Wildman–Crippen LogP) is 6.92. The van der Waals surface area contributed by atoms with Crippen LogP contribution in [0.25, 0.3) is 10.8 Å². The van der Waals surface area contributed by atoms with E-state index in [1.165, 1.54) is 51.2 Å². The van der Waals surface area contributed by atoms with Gasteiger partial charge in [-0.2, -0.15) is 0 Å². The third-order valence-electron chi connectivity index (χ3n) is 6.61. The molecule has 0 heterocycles. The Bertz CT molecular complexity index is 1100. The molecule has 1 saturated carbocycles. The Hall–Kier alpha value is -3.14. The number of carbonyl (C=O) groups excluding carboxylic acids is 2. The largest absolute Gasteiger partial charge is 0.465 e. The summed E-state index contributed by atoms with van der Waals surface area (Å²) in [4.78, 5) is 24.1. The minimum Gasteiger partial charge on any atom is -0.465 e. The van der Waals surface area contributed by atoms with Crippen LogP contribution in [0.3, 0.4) is 0 Å². The van der Waals surface area contributed by atoms with Crippen molar-refractivity contribution in [3.8, 4) is 5.75 Å². The lowest BCUT2D eigenvalue weighted by molar-refractivity contribution is 0.0600. The number of hydrogen-bond acceptors (Lipinski definition) is 4. The number of carbonyl (C=O) groups is 2. The fourth-order valence-corrected chi connectivity index (χ4v) is 4.57. The Kier molecular flexibility index (Phi) is 6.89. The van der Waals surface area contributed by atoms with Crippen LogP contribution in [0.15, 0.2) is 60.7 Å². The fraction of sp³-hybridized carbons (Fsp3) is 0.357. The number of ether oxygens (including phenoxy) is 2. The Labute approximate surface area is 189 Å². The van der Waals surface area contributed by atoms with Crippen LogP contribution in [-0.2, 0) is 4.74 Å². The van der Waals surface area contributed by atoms with E-state index in [1.807, 2.05) is 18.2 Å². The summed E-state index contributed by atoms with van der Waals surface area (Å²) in [6.45, 7) is 2.26. The number of fused-ring (bicyclic) bond motifs is 1. The van der Waals surface area contributed by atoms with Crippen LogP contribution >= 0.6 is 0 Å². The van der Waals surface area contributed by atoms with Crippen LogP contribution < -0.4 is 4.74 Å². The number of benzene rings is 3. The van der Waals surface area contributed by atoms with Gasteiger partial charge in [-0.25, -0.2) is 9.59 Å². The molecule has 0 N–H and O–H groups in total. The van der Waals surface area contributed by atoms with Crippen molar-refractivity contribution in [3.05, 3.63) is 77.4 Å². The molecule has 0 aromatic heterocycles. The van der Waals surface area contributed by atoms with Gasteiger partial charge in [-0.05, 0) is 83.8 Å². The Balaban J connectivity index is 1.44. The summed E-state index contributed by atoms with van der Waals surface area (Å²) in [5.41, 5.74) is 2.34. The summed E-state index contributed by atoms with van der Waals surface area (Å²) in [5.74, 6) is 1.03. The zero-order valence-electron chi connectivity index (χ0n) is 18.8. The molecular formula is C28H30O4. The average molecular weight is 431 g/mol. The molecule has 3 aromatic rings. The van der Waals surface area contributed by atoms with Crippen molar-refractivity contribution in [1.82, 2.24) is 0 Å². The van der Waals surface area contributed by atoms with Gasteiger partial charge >= 0.3 is 11.9 Å². The summed E-state index contributed by atoms with van der Waals surface area (Å²) in [7, 11) is 1.33. The quantitative estimate of drug-likeness (QED) is 0.221. The second-order valence-corrected chi connectivity index (χ2v) is 8.67. The van der Waals surface area contributed by atoms with E-state index in [-0.39, 0.29) is 0 Å². The first-order valence-electron chi connectivity index (χ1n) is 11.5. The van der Waals surface area contributed by atoms with Crippen molar-refractivity contribution in [1.29, 1.82) is 0 Å². The van der Waals surface area contributed by atoms with Crippen molar-refractivity contribution >= 4 is 22.7 Å². The van der Waals surface area contributed by atoms with E-state index in [2.05, 4.69) is 29.9 Å². The average Bonchev–Trinajstić information content (AvgIpc) is 2.80. The van der Waals surface area contributed by atoms with Gasteiger partial charge in [0.15, 0.2) is 0 Å². The van der Waals surface area contributed by atoms with Gasteiger partial charge in [0.05, 0.1) is 18.2 Å². The lowest BCUT2D eigenvalue weighted by Gasteiger charge is -2.37. The van der Waals surface area contributed by atoms with E-state index in [4.69, 9.17) is 4.74 Å². The summed E-state index contributed by atoms with van der Waals surface area (Å²) < 4.78 is 10.2. The lowest BCUT2D eigenvalue weighted by Crippen LogP contribution is -2.23. The van der Waals surface area contributed by atoms with Crippen molar-refractivity contribution in [2.75, 3.05) is 7.11 Å². The minimum absolute atomic E-state index is 0.386. The van der Waals surface area contributed by atoms with Gasteiger partial charge in [0.2, 0.25) is 0 Å². The van der Waals surface area contributed by atoms with Gasteiger partial charge < -0.3 is 9.47 Å². The van der Waals surface area contributed by atoms with E-state index in [9.17, 15) is 9.59 Å². The van der Waals surface area contributed by atoms with Crippen molar-refractivity contribution in [2.45, 2.75) is 51.4 Å². The molecular weight excluding hydrogens is 400 g/mol. The number of esters is 2. The van der Waals surface area contributed by atoms with E-state index in [0.29, 0.717) is 22.8 Å². The standard InChI is InChI=1S/C28H30O4/c1-3-4-5-6-19-13-16-26(19)23-9-7-22-18-24(10-8-21(22)17-23)28(30)32-25-14-11-20(12-15-25)27(29)31-2/h7-12,14-15,17-19,26H,3-6,13,16H2,1-2H3. The zero-order chi connectivity index (χ0) is 22.5. The maximum atomic E-state index is 12.6. The first kappa shape index (κ1) is 22.1. The Morgan fingerprint density at radius 1 is 0.844 bits per heavy atom. The highest BCUT2D eigenvalue weighted by Crippen LogP contribution is 2.45. The number of hydrogen-bond donors (Lipinski definition) is 0. The summed E-state index contributed by atoms with van der Waals surface area (Å²) in [6.07, 6.45) is 7.90. The third-order valence-corrected chi connectivity index (χ3v) is 6.61. The van der Waals surface area contributed by atoms with Crippen LogP contribution in [0, 0.1) is 5.92 Å². The van der Waals surface area contributed by atoms with Crippen LogP contribution in [0.4, 0.5) is 0 Å². The molecule has 0 saturated heterocycles. The van der Waals surface area contributed by atoms with Gasteiger partial charge in [-0.1, -0.05) is 50.5 Å². The normalized spacial score (nSPS) is 17.6. The van der Waals surface area contributed by atoms with E-state index < -0.39 is 11.9 Å². The zero-order valence-corrected chi connectivity index (χ0v) is 18.8. The molecule has 0 aliphatic heterocycles. The molecule has 0 amide bonds. The molecule has 32 heavy (non-hydrogen) atoms. The molecule has 4 heteroatoms. The maximum absolute atomic E-state index is 12.6. The van der Waals surface area contributed by atoms with Gasteiger partial charge in [-0.3, -0.25) is 0 Å². The second kappa shape index (κ2) is 9.99. The monoisotopic (exact) mass is 430 g/mol. The van der Waals surface area contributed by atoms with E-state index in [1.54, 1.807) is 24.3 Å². The molecule has 3 aromatic carbocycles. The molecule has 1 aliphatic rings. The molecule has 4 nitrogen and oxygen atoms in total. The third kappa shape index (κ3) is 4.85. The highest BCUT2D eigenvalue weighted by molar-refractivity contribution is 5.96. The minimum atomic E-state index is -0.425. The van der Waals surface area contributed by atoms with Crippen LogP contribution in [-0.4, -0.2) is 19.0 Å². The SMILES string of the molecule is CCCCCC1CCC1c1ccc2cc(C(=O)Oc3ccc(C(=O)OC)cc3)ccc2c1. The first-order chi connectivity index (χ1) is 15.6. The highest BCUT2D eigenvalue weighted by Gasteiger charge is 2.31. The van der Waals surface area contributed by atoms with E-state index >= 15 is 0 Å². The van der Waals surface area contributed by atoms with Gasteiger partial charge in [0.25, 0.3) is 0 Å². The number of unbranched alkanes of at least 4 members (excludes halogenated alkanes) is 2. The molecule has 1 aliphatic carbocycles. The maximum Gasteiger partial charge on any atom is 0.343 e. The molecule has 2 unspecified atom stereocenters. The van der Waals surface area contributed by atoms with Gasteiger partial charge in [0, 0.05) is 0 Å². The first-order valence-corrected chi connectivity index (χ1v) is 11.5. The highest BCUT2D eigenvalue weighted by atomic mass is 16.5. The molecule has 0 spiro atoms. The van der Waals surface area contributed by atoms with Crippen LogP contribution in [0.5, 0.6) is 5.75 Å². The Morgan fingerprint density at radius 2 is 1.56 bits per heavy atom. The number of methoxy groups -OCH3 is 1. The molecule has 0 bridgehead atoms. The Morgan fingerprint density at radius 3 is 2.25 bits per heavy atom. The lowest BCUT2D eigenvalue weighted by atomic mass is 9.68.